The van der Waals surface area contributed by atoms with Crippen LogP contribution in [0.3, 0.4) is 0 Å². The Hall–Kier alpha value is -1.32. The van der Waals surface area contributed by atoms with Crippen molar-refractivity contribution in [3.63, 3.8) is 0 Å². The molecular weight excluding hydrogens is 168 g/mol. The van der Waals surface area contributed by atoms with E-state index in [1.54, 1.807) is 12.3 Å². The predicted molar refractivity (Wildman–Crippen MR) is 46.3 cm³/mol. The Kier molecular flexibility index (Phi) is 2.04. The number of carboxylic acids is 1. The Balaban J connectivity index is 2.05. The number of aliphatic carboxylic acids is 1. The van der Waals surface area contributed by atoms with Crippen molar-refractivity contribution >= 4 is 5.97 Å². The third-order valence-electron chi connectivity index (χ3n) is 2.26. The maximum Gasteiger partial charge on any atom is 0.309 e. The van der Waals surface area contributed by atoms with Gasteiger partial charge in [-0.2, -0.15) is 5.10 Å². The first-order valence-corrected chi connectivity index (χ1v) is 4.48. The van der Waals surface area contributed by atoms with Gasteiger partial charge in [0.25, 0.3) is 0 Å². The molecule has 1 aliphatic rings. The highest BCUT2D eigenvalue weighted by Crippen LogP contribution is 2.30. The Morgan fingerprint density at radius 3 is 3.08 bits per heavy atom. The van der Waals surface area contributed by atoms with Crippen LogP contribution in [0, 0.1) is 5.92 Å². The van der Waals surface area contributed by atoms with Crippen molar-refractivity contribution < 1.29 is 9.90 Å². The molecule has 0 spiro atoms. The standard InChI is InChI=1S/C9H12N2O2/c12-9(13)5-8-3-4-10-11(8)6-7-1-2-7/h3-4,7H,1-2,5-6H2,(H,12,13). The van der Waals surface area contributed by atoms with Gasteiger partial charge in [-0.15, -0.1) is 0 Å². The fourth-order valence-corrected chi connectivity index (χ4v) is 1.37. The summed E-state index contributed by atoms with van der Waals surface area (Å²) in [6, 6.07) is 1.77. The van der Waals surface area contributed by atoms with Crippen LogP contribution in [-0.4, -0.2) is 20.9 Å². The van der Waals surface area contributed by atoms with E-state index in [4.69, 9.17) is 5.11 Å². The van der Waals surface area contributed by atoms with Crippen molar-refractivity contribution in [1.82, 2.24) is 9.78 Å². The lowest BCUT2D eigenvalue weighted by molar-refractivity contribution is -0.136. The van der Waals surface area contributed by atoms with E-state index in [-0.39, 0.29) is 6.42 Å². The van der Waals surface area contributed by atoms with E-state index in [0.717, 1.165) is 18.2 Å². The molecule has 13 heavy (non-hydrogen) atoms. The molecule has 1 aliphatic carbocycles. The zero-order valence-corrected chi connectivity index (χ0v) is 7.31. The molecule has 1 aromatic heterocycles. The minimum Gasteiger partial charge on any atom is -0.481 e. The SMILES string of the molecule is O=C(O)Cc1ccnn1CC1CC1. The van der Waals surface area contributed by atoms with E-state index >= 15 is 0 Å². The van der Waals surface area contributed by atoms with E-state index in [2.05, 4.69) is 5.10 Å². The smallest absolute Gasteiger partial charge is 0.309 e. The fourth-order valence-electron chi connectivity index (χ4n) is 1.37. The number of carboxylic acid groups (broad SMARTS) is 1. The van der Waals surface area contributed by atoms with E-state index < -0.39 is 5.97 Å². The van der Waals surface area contributed by atoms with E-state index in [1.165, 1.54) is 12.8 Å². The number of nitrogens with zero attached hydrogens (tertiary/aromatic N) is 2. The van der Waals surface area contributed by atoms with Gasteiger partial charge in [0, 0.05) is 18.4 Å². The first-order chi connectivity index (χ1) is 6.25. The quantitative estimate of drug-likeness (QED) is 0.749. The minimum absolute atomic E-state index is 0.0761. The average molecular weight is 180 g/mol. The summed E-state index contributed by atoms with van der Waals surface area (Å²) >= 11 is 0. The summed E-state index contributed by atoms with van der Waals surface area (Å²) in [5, 5.41) is 12.7. The Morgan fingerprint density at radius 1 is 1.69 bits per heavy atom. The fraction of sp³-hybridized carbons (Fsp3) is 0.556. The highest BCUT2D eigenvalue weighted by Gasteiger charge is 2.23. The van der Waals surface area contributed by atoms with Gasteiger partial charge in [0.1, 0.15) is 0 Å². The second kappa shape index (κ2) is 3.20. The lowest BCUT2D eigenvalue weighted by Crippen LogP contribution is -2.10. The molecule has 1 N–H and O–H groups in total. The lowest BCUT2D eigenvalue weighted by atomic mass is 10.3. The van der Waals surface area contributed by atoms with Crippen molar-refractivity contribution in [3.8, 4) is 0 Å². The summed E-state index contributed by atoms with van der Waals surface area (Å²) in [7, 11) is 0. The average Bonchev–Trinajstić information content (AvgIpc) is 2.75. The van der Waals surface area contributed by atoms with Crippen LogP contribution in [0.5, 0.6) is 0 Å². The monoisotopic (exact) mass is 180 g/mol. The molecule has 0 aliphatic heterocycles. The van der Waals surface area contributed by atoms with Crippen LogP contribution in [-0.2, 0) is 17.8 Å². The Labute approximate surface area is 76.2 Å². The van der Waals surface area contributed by atoms with E-state index in [0.29, 0.717) is 0 Å². The van der Waals surface area contributed by atoms with E-state index in [9.17, 15) is 4.79 Å². The minimum atomic E-state index is -0.794. The maximum atomic E-state index is 10.5. The van der Waals surface area contributed by atoms with Crippen LogP contribution in [0.25, 0.3) is 0 Å². The van der Waals surface area contributed by atoms with E-state index in [1.807, 2.05) is 4.68 Å². The summed E-state index contributed by atoms with van der Waals surface area (Å²) in [5.74, 6) is -0.0648. The van der Waals surface area contributed by atoms with Crippen molar-refractivity contribution in [2.75, 3.05) is 0 Å². The molecule has 4 heteroatoms. The van der Waals surface area contributed by atoms with Crippen LogP contribution in [0.1, 0.15) is 18.5 Å². The van der Waals surface area contributed by atoms with Crippen molar-refractivity contribution in [1.29, 1.82) is 0 Å². The molecule has 1 heterocycles. The van der Waals surface area contributed by atoms with Gasteiger partial charge in [0.15, 0.2) is 0 Å². The largest absolute Gasteiger partial charge is 0.481 e. The van der Waals surface area contributed by atoms with Crippen molar-refractivity contribution in [3.05, 3.63) is 18.0 Å². The van der Waals surface area contributed by atoms with Crippen molar-refractivity contribution in [2.45, 2.75) is 25.8 Å². The van der Waals surface area contributed by atoms with Gasteiger partial charge in [-0.05, 0) is 24.8 Å². The molecule has 1 aromatic rings. The summed E-state index contributed by atoms with van der Waals surface area (Å²) in [5.41, 5.74) is 0.805. The molecule has 0 saturated heterocycles. The Morgan fingerprint density at radius 2 is 2.46 bits per heavy atom. The highest BCUT2D eigenvalue weighted by molar-refractivity contribution is 5.69. The van der Waals surface area contributed by atoms with Gasteiger partial charge in [0.2, 0.25) is 0 Å². The molecule has 4 nitrogen and oxygen atoms in total. The first kappa shape index (κ1) is 8.29. The number of hydrogen-bond acceptors (Lipinski definition) is 2. The summed E-state index contributed by atoms with van der Waals surface area (Å²) in [4.78, 5) is 10.5. The Bertz CT molecular complexity index is 315. The highest BCUT2D eigenvalue weighted by atomic mass is 16.4. The third kappa shape index (κ3) is 2.08. The van der Waals surface area contributed by atoms with Gasteiger partial charge in [-0.1, -0.05) is 0 Å². The molecule has 0 bridgehead atoms. The van der Waals surface area contributed by atoms with Crippen LogP contribution in [0.15, 0.2) is 12.3 Å². The maximum absolute atomic E-state index is 10.5. The molecule has 0 atom stereocenters. The first-order valence-electron chi connectivity index (χ1n) is 4.48. The summed E-state index contributed by atoms with van der Waals surface area (Å²) in [6.45, 7) is 0.885. The zero-order chi connectivity index (χ0) is 9.26. The van der Waals surface area contributed by atoms with Crippen LogP contribution in [0.2, 0.25) is 0 Å². The molecule has 0 radical (unpaired) electrons. The van der Waals surface area contributed by atoms with Gasteiger partial charge in [-0.3, -0.25) is 9.48 Å². The molecule has 0 aromatic carbocycles. The predicted octanol–water partition coefficient (Wildman–Crippen LogP) is 0.920. The van der Waals surface area contributed by atoms with Gasteiger partial charge in [-0.25, -0.2) is 0 Å². The summed E-state index contributed by atoms with van der Waals surface area (Å²) < 4.78 is 1.81. The second-order valence-electron chi connectivity index (χ2n) is 3.52. The second-order valence-corrected chi connectivity index (χ2v) is 3.52. The number of hydrogen-bond donors (Lipinski definition) is 1. The molecular formula is C9H12N2O2. The number of carbonyl (C=O) groups is 1. The van der Waals surface area contributed by atoms with Gasteiger partial charge in [0.05, 0.1) is 6.42 Å². The third-order valence-corrected chi connectivity index (χ3v) is 2.26. The number of rotatable bonds is 4. The molecule has 0 unspecified atom stereocenters. The van der Waals surface area contributed by atoms with Gasteiger partial charge >= 0.3 is 5.97 Å². The molecule has 0 amide bonds. The van der Waals surface area contributed by atoms with Crippen LogP contribution in [0.4, 0.5) is 0 Å². The van der Waals surface area contributed by atoms with Crippen molar-refractivity contribution in [2.24, 2.45) is 5.92 Å². The number of aromatic nitrogens is 2. The van der Waals surface area contributed by atoms with Crippen LogP contribution < -0.4 is 0 Å². The molecule has 1 fully saturated rings. The zero-order valence-electron chi connectivity index (χ0n) is 7.31. The summed E-state index contributed by atoms with van der Waals surface area (Å²) in [6.07, 6.45) is 4.26. The van der Waals surface area contributed by atoms with Gasteiger partial charge < -0.3 is 5.11 Å². The topological polar surface area (TPSA) is 55.1 Å². The molecule has 1 saturated carbocycles. The normalized spacial score (nSPS) is 16.0. The molecule has 70 valence electrons. The molecule has 2 rings (SSSR count). The van der Waals surface area contributed by atoms with Crippen LogP contribution >= 0.6 is 0 Å². The lowest BCUT2D eigenvalue weighted by Gasteiger charge is -2.03.